The van der Waals surface area contributed by atoms with E-state index in [0.717, 1.165) is 6.20 Å². The molecule has 1 aromatic heterocycles. The Kier molecular flexibility index (Phi) is 4.76. The number of aromatic nitrogens is 1. The number of nitrogen functional groups attached to an aromatic ring is 1. The van der Waals surface area contributed by atoms with Crippen molar-refractivity contribution in [2.75, 3.05) is 12.8 Å². The summed E-state index contributed by atoms with van der Waals surface area (Å²) in [6, 6.07) is 1.33. The monoisotopic (exact) mass is 172 g/mol. The Morgan fingerprint density at radius 2 is 2.08 bits per heavy atom. The molecule has 0 saturated carbocycles. The molecule has 4 heteroatoms. The van der Waals surface area contributed by atoms with Gasteiger partial charge >= 0.3 is 0 Å². The molecule has 0 bridgehead atoms. The quantitative estimate of drug-likeness (QED) is 0.703. The number of rotatable bonds is 1. The van der Waals surface area contributed by atoms with Gasteiger partial charge in [-0.3, -0.25) is 0 Å². The molecule has 3 nitrogen and oxygen atoms in total. The van der Waals surface area contributed by atoms with Crippen LogP contribution in [-0.4, -0.2) is 12.1 Å². The Balaban J connectivity index is 0.000000561. The van der Waals surface area contributed by atoms with Gasteiger partial charge < -0.3 is 10.5 Å². The summed E-state index contributed by atoms with van der Waals surface area (Å²) >= 11 is 0. The molecule has 0 saturated heterocycles. The second-order valence-electron chi connectivity index (χ2n) is 1.75. The molecule has 1 aromatic rings. The Bertz CT molecular complexity index is 240. The summed E-state index contributed by atoms with van der Waals surface area (Å²) in [5, 5.41) is 0. The second kappa shape index (κ2) is 5.35. The first kappa shape index (κ1) is 10.7. The lowest BCUT2D eigenvalue weighted by atomic mass is 10.4. The van der Waals surface area contributed by atoms with Crippen molar-refractivity contribution in [2.24, 2.45) is 0 Å². The molecular weight excluding hydrogens is 159 g/mol. The van der Waals surface area contributed by atoms with Crippen molar-refractivity contribution < 1.29 is 9.13 Å². The van der Waals surface area contributed by atoms with E-state index in [0.29, 0.717) is 5.88 Å². The molecule has 0 amide bonds. The normalized spacial score (nSPS) is 8.33. The average Bonchev–Trinajstić information content (AvgIpc) is 2.13. The van der Waals surface area contributed by atoms with E-state index in [1.807, 2.05) is 13.8 Å². The van der Waals surface area contributed by atoms with E-state index in [4.69, 9.17) is 10.5 Å². The van der Waals surface area contributed by atoms with Crippen molar-refractivity contribution in [1.29, 1.82) is 0 Å². The minimum Gasteiger partial charge on any atom is -0.481 e. The topological polar surface area (TPSA) is 48.1 Å². The maximum absolute atomic E-state index is 12.4. The van der Waals surface area contributed by atoms with Gasteiger partial charge in [0.15, 0.2) is 5.82 Å². The first-order chi connectivity index (χ1) is 5.74. The fourth-order valence-corrected chi connectivity index (χ4v) is 0.546. The van der Waals surface area contributed by atoms with Crippen molar-refractivity contribution >= 4 is 5.69 Å². The first-order valence-electron chi connectivity index (χ1n) is 3.69. The molecule has 0 aliphatic carbocycles. The van der Waals surface area contributed by atoms with Gasteiger partial charge in [0.05, 0.1) is 19.0 Å². The third-order valence-corrected chi connectivity index (χ3v) is 1.07. The fourth-order valence-electron chi connectivity index (χ4n) is 0.546. The highest BCUT2D eigenvalue weighted by molar-refractivity contribution is 5.41. The zero-order chi connectivity index (χ0) is 9.56. The van der Waals surface area contributed by atoms with Gasteiger partial charge in [-0.05, 0) is 0 Å². The van der Waals surface area contributed by atoms with E-state index < -0.39 is 5.82 Å². The van der Waals surface area contributed by atoms with E-state index >= 15 is 0 Å². The van der Waals surface area contributed by atoms with Gasteiger partial charge in [-0.1, -0.05) is 13.8 Å². The molecular formula is C8H13FN2O. The number of nitrogens with zero attached hydrogens (tertiary/aromatic N) is 1. The minimum atomic E-state index is -0.527. The summed E-state index contributed by atoms with van der Waals surface area (Å²) in [6.07, 6.45) is 1.02. The van der Waals surface area contributed by atoms with Crippen molar-refractivity contribution in [1.82, 2.24) is 4.98 Å². The third-order valence-electron chi connectivity index (χ3n) is 1.07. The van der Waals surface area contributed by atoms with Crippen LogP contribution in [0.1, 0.15) is 13.8 Å². The van der Waals surface area contributed by atoms with Crippen molar-refractivity contribution in [2.45, 2.75) is 13.8 Å². The zero-order valence-corrected chi connectivity index (χ0v) is 7.47. The number of ether oxygens (including phenoxy) is 1. The lowest BCUT2D eigenvalue weighted by Gasteiger charge is -1.98. The number of hydrogen-bond acceptors (Lipinski definition) is 3. The maximum atomic E-state index is 12.4. The number of nitrogens with two attached hydrogens (primary N) is 1. The molecule has 0 aliphatic rings. The molecule has 0 atom stereocenters. The summed E-state index contributed by atoms with van der Waals surface area (Å²) in [6.45, 7) is 4.00. The van der Waals surface area contributed by atoms with Crippen LogP contribution in [0.25, 0.3) is 0 Å². The van der Waals surface area contributed by atoms with Crippen LogP contribution in [0.4, 0.5) is 10.1 Å². The number of halogens is 1. The highest BCUT2D eigenvalue weighted by Gasteiger charge is 1.98. The smallest absolute Gasteiger partial charge is 0.215 e. The van der Waals surface area contributed by atoms with Gasteiger partial charge in [0.1, 0.15) is 0 Å². The molecule has 2 N–H and O–H groups in total. The Morgan fingerprint density at radius 1 is 1.50 bits per heavy atom. The number of hydrogen-bond donors (Lipinski definition) is 1. The molecule has 0 aliphatic heterocycles. The number of methoxy groups -OCH3 is 1. The average molecular weight is 172 g/mol. The van der Waals surface area contributed by atoms with Crippen LogP contribution in [0.5, 0.6) is 5.88 Å². The van der Waals surface area contributed by atoms with Crippen LogP contribution >= 0.6 is 0 Å². The molecule has 0 fully saturated rings. The lowest BCUT2D eigenvalue weighted by Crippen LogP contribution is -1.94. The van der Waals surface area contributed by atoms with Gasteiger partial charge in [-0.25, -0.2) is 9.37 Å². The Morgan fingerprint density at radius 3 is 2.50 bits per heavy atom. The van der Waals surface area contributed by atoms with Gasteiger partial charge in [0.2, 0.25) is 5.88 Å². The van der Waals surface area contributed by atoms with Crippen molar-refractivity contribution in [3.8, 4) is 5.88 Å². The molecule has 0 radical (unpaired) electrons. The first-order valence-corrected chi connectivity index (χ1v) is 3.69. The predicted molar refractivity (Wildman–Crippen MR) is 46.5 cm³/mol. The highest BCUT2D eigenvalue weighted by Crippen LogP contribution is 2.13. The van der Waals surface area contributed by atoms with Crippen LogP contribution in [0.15, 0.2) is 12.3 Å². The Hall–Kier alpha value is -1.32. The predicted octanol–water partition coefficient (Wildman–Crippen LogP) is 1.84. The highest BCUT2D eigenvalue weighted by atomic mass is 19.1. The van der Waals surface area contributed by atoms with Gasteiger partial charge in [0, 0.05) is 6.07 Å². The summed E-state index contributed by atoms with van der Waals surface area (Å²) in [7, 11) is 1.44. The Labute approximate surface area is 71.4 Å². The van der Waals surface area contributed by atoms with Gasteiger partial charge in [-0.2, -0.15) is 0 Å². The number of anilines is 1. The number of pyridine rings is 1. The van der Waals surface area contributed by atoms with E-state index in [1.54, 1.807) is 0 Å². The summed E-state index contributed by atoms with van der Waals surface area (Å²) in [4.78, 5) is 3.58. The second-order valence-corrected chi connectivity index (χ2v) is 1.75. The van der Waals surface area contributed by atoms with Gasteiger partial charge in [0.25, 0.3) is 0 Å². The largest absolute Gasteiger partial charge is 0.481 e. The van der Waals surface area contributed by atoms with Crippen LogP contribution in [0.2, 0.25) is 0 Å². The summed E-state index contributed by atoms with van der Waals surface area (Å²) in [5.74, 6) is -0.209. The summed E-state index contributed by atoms with van der Waals surface area (Å²) < 4.78 is 17.1. The lowest BCUT2D eigenvalue weighted by molar-refractivity contribution is 0.396. The molecule has 1 rings (SSSR count). The third kappa shape index (κ3) is 2.74. The van der Waals surface area contributed by atoms with E-state index in [-0.39, 0.29) is 5.69 Å². The van der Waals surface area contributed by atoms with Crippen LogP contribution in [0, 0.1) is 5.82 Å². The molecule has 0 unspecified atom stereocenters. The molecule has 1 heterocycles. The van der Waals surface area contributed by atoms with Crippen molar-refractivity contribution in [3.63, 3.8) is 0 Å². The minimum absolute atomic E-state index is 0.0480. The van der Waals surface area contributed by atoms with Crippen LogP contribution in [-0.2, 0) is 0 Å². The van der Waals surface area contributed by atoms with Crippen LogP contribution < -0.4 is 10.5 Å². The van der Waals surface area contributed by atoms with E-state index in [9.17, 15) is 4.39 Å². The molecule has 0 aromatic carbocycles. The van der Waals surface area contributed by atoms with Crippen molar-refractivity contribution in [3.05, 3.63) is 18.1 Å². The SMILES string of the molecule is CC.COc1cc(N)c(F)cn1. The maximum Gasteiger partial charge on any atom is 0.215 e. The molecule has 12 heavy (non-hydrogen) atoms. The van der Waals surface area contributed by atoms with E-state index in [2.05, 4.69) is 4.98 Å². The zero-order valence-electron chi connectivity index (χ0n) is 7.47. The molecule has 0 spiro atoms. The van der Waals surface area contributed by atoms with Crippen LogP contribution in [0.3, 0.4) is 0 Å². The molecule has 68 valence electrons. The standard InChI is InChI=1S/C6H7FN2O.C2H6/c1-10-6-2-5(8)4(7)3-9-6;1-2/h2-3H,1H3,(H2,8,9);1-2H3. The fraction of sp³-hybridized carbons (Fsp3) is 0.375. The van der Waals surface area contributed by atoms with Gasteiger partial charge in [-0.15, -0.1) is 0 Å². The summed E-state index contributed by atoms with van der Waals surface area (Å²) in [5.41, 5.74) is 5.25. The van der Waals surface area contributed by atoms with E-state index in [1.165, 1.54) is 13.2 Å².